The van der Waals surface area contributed by atoms with E-state index in [9.17, 15) is 9.90 Å². The Balaban J connectivity index is 1.56. The molecule has 30 heavy (non-hydrogen) atoms. The number of fused-ring (bicyclic) bond motifs is 6. The minimum absolute atomic E-state index is 0.0701. The van der Waals surface area contributed by atoms with E-state index in [1.165, 1.54) is 11.1 Å². The van der Waals surface area contributed by atoms with Crippen LogP contribution in [0.1, 0.15) is 44.6 Å². The molecule has 0 radical (unpaired) electrons. The fourth-order valence-electron chi connectivity index (χ4n) is 5.25. The van der Waals surface area contributed by atoms with E-state index in [1.54, 1.807) is 6.07 Å². The van der Waals surface area contributed by atoms with Gasteiger partial charge in [0.25, 0.3) is 0 Å². The number of hydrogen-bond acceptors (Lipinski definition) is 4. The molecule has 3 aliphatic rings. The number of rotatable bonds is 2. The Kier molecular flexibility index (Phi) is 3.87. The van der Waals surface area contributed by atoms with E-state index in [-0.39, 0.29) is 24.7 Å². The van der Waals surface area contributed by atoms with Crippen molar-refractivity contribution in [3.05, 3.63) is 86.9 Å². The minimum Gasteiger partial charge on any atom is -0.478 e. The third kappa shape index (κ3) is 2.50. The molecular formula is C24H18BrNO4. The van der Waals surface area contributed by atoms with Crippen molar-refractivity contribution in [2.24, 2.45) is 5.92 Å². The van der Waals surface area contributed by atoms with Gasteiger partial charge < -0.3 is 19.9 Å². The molecule has 0 aromatic heterocycles. The summed E-state index contributed by atoms with van der Waals surface area (Å²) in [7, 11) is 0. The van der Waals surface area contributed by atoms with E-state index in [4.69, 9.17) is 9.47 Å². The molecule has 5 nitrogen and oxygen atoms in total. The summed E-state index contributed by atoms with van der Waals surface area (Å²) in [6, 6.07) is 17.9. The Bertz CT molecular complexity index is 1210. The highest BCUT2D eigenvalue weighted by molar-refractivity contribution is 9.10. The van der Waals surface area contributed by atoms with Gasteiger partial charge in [-0.3, -0.25) is 0 Å². The summed E-state index contributed by atoms with van der Waals surface area (Å²) in [4.78, 5) is 12.0. The van der Waals surface area contributed by atoms with Crippen molar-refractivity contribution in [3.8, 4) is 11.5 Å². The van der Waals surface area contributed by atoms with Gasteiger partial charge in [-0.15, -0.1) is 0 Å². The molecule has 1 aliphatic carbocycles. The van der Waals surface area contributed by atoms with E-state index < -0.39 is 5.97 Å². The van der Waals surface area contributed by atoms with Crippen LogP contribution in [-0.2, 0) is 6.42 Å². The predicted octanol–water partition coefficient (Wildman–Crippen LogP) is 5.35. The third-order valence-electron chi connectivity index (χ3n) is 6.49. The van der Waals surface area contributed by atoms with E-state index in [2.05, 4.69) is 51.6 Å². The maximum atomic E-state index is 12.0. The number of nitrogens with one attached hydrogen (secondary N) is 1. The Morgan fingerprint density at radius 1 is 1.00 bits per heavy atom. The minimum atomic E-state index is -0.924. The van der Waals surface area contributed by atoms with Crippen molar-refractivity contribution < 1.29 is 19.4 Å². The zero-order chi connectivity index (χ0) is 20.4. The third-order valence-corrected chi connectivity index (χ3v) is 7.18. The summed E-state index contributed by atoms with van der Waals surface area (Å²) in [5, 5.41) is 13.4. The van der Waals surface area contributed by atoms with Crippen LogP contribution in [-0.4, -0.2) is 17.9 Å². The molecule has 2 N–H and O–H groups in total. The average Bonchev–Trinajstić information content (AvgIpc) is 3.36. The van der Waals surface area contributed by atoms with Gasteiger partial charge in [0.1, 0.15) is 0 Å². The largest absolute Gasteiger partial charge is 0.478 e. The number of halogens is 1. The molecule has 3 atom stereocenters. The standard InChI is InChI=1S/C24H18BrNO4/c25-18-10-20-19(29-11-30-20)9-16(18)23-17-8-12-4-1-2-5-13(12)21(17)14-6-3-7-15(24(27)28)22(14)26-23/h1-7,9-10,17,21,23,26H,8,11H2,(H,27,28)/t17-,21+,23-/m1/s1. The molecule has 0 spiro atoms. The lowest BCUT2D eigenvalue weighted by molar-refractivity contribution is 0.0697. The highest BCUT2D eigenvalue weighted by atomic mass is 79.9. The SMILES string of the molecule is O=C(O)c1cccc2c1N[C@H](c1cc3c(cc1Br)OCO3)[C@@H]1Cc3ccccc3[C@@H]21. The molecule has 0 saturated carbocycles. The van der Waals surface area contributed by atoms with Crippen LogP contribution in [0, 0.1) is 5.92 Å². The van der Waals surface area contributed by atoms with Crippen LogP contribution >= 0.6 is 15.9 Å². The summed E-state index contributed by atoms with van der Waals surface area (Å²) in [5.74, 6) is 0.918. The molecule has 6 heteroatoms. The van der Waals surface area contributed by atoms with Crippen molar-refractivity contribution >= 4 is 27.6 Å². The first-order chi connectivity index (χ1) is 14.6. The van der Waals surface area contributed by atoms with Crippen LogP contribution < -0.4 is 14.8 Å². The zero-order valence-electron chi connectivity index (χ0n) is 15.9. The van der Waals surface area contributed by atoms with E-state index in [1.807, 2.05) is 18.2 Å². The van der Waals surface area contributed by atoms with Crippen LogP contribution in [0.25, 0.3) is 0 Å². The summed E-state index contributed by atoms with van der Waals surface area (Å²) < 4.78 is 12.1. The van der Waals surface area contributed by atoms with Crippen molar-refractivity contribution in [2.45, 2.75) is 18.4 Å². The Morgan fingerprint density at radius 3 is 2.60 bits per heavy atom. The monoisotopic (exact) mass is 463 g/mol. The van der Waals surface area contributed by atoms with Gasteiger partial charge in [-0.25, -0.2) is 4.79 Å². The number of hydrogen-bond donors (Lipinski definition) is 2. The van der Waals surface area contributed by atoms with Gasteiger partial charge in [0.2, 0.25) is 6.79 Å². The lowest BCUT2D eigenvalue weighted by Gasteiger charge is -2.39. The van der Waals surface area contributed by atoms with Gasteiger partial charge in [0.05, 0.1) is 17.3 Å². The number of para-hydroxylation sites is 1. The first-order valence-corrected chi connectivity index (χ1v) is 10.7. The van der Waals surface area contributed by atoms with Crippen LogP contribution in [0.4, 0.5) is 5.69 Å². The van der Waals surface area contributed by atoms with Crippen LogP contribution in [0.15, 0.2) is 59.1 Å². The molecule has 3 aromatic carbocycles. The lowest BCUT2D eigenvalue weighted by atomic mass is 9.75. The summed E-state index contributed by atoms with van der Waals surface area (Å²) in [5.41, 5.74) is 5.72. The molecular weight excluding hydrogens is 446 g/mol. The molecule has 0 fully saturated rings. The van der Waals surface area contributed by atoms with Crippen molar-refractivity contribution in [3.63, 3.8) is 0 Å². The number of ether oxygens (including phenoxy) is 2. The Hall–Kier alpha value is -2.99. The topological polar surface area (TPSA) is 67.8 Å². The highest BCUT2D eigenvalue weighted by Crippen LogP contribution is 2.56. The summed E-state index contributed by atoms with van der Waals surface area (Å²) >= 11 is 3.71. The Labute approximate surface area is 181 Å². The maximum Gasteiger partial charge on any atom is 0.337 e. The maximum absolute atomic E-state index is 12.0. The number of carbonyl (C=O) groups is 1. The average molecular weight is 464 g/mol. The number of carboxylic acid groups (broad SMARTS) is 1. The first kappa shape index (κ1) is 17.8. The number of aromatic carboxylic acids is 1. The number of carboxylic acids is 1. The molecule has 150 valence electrons. The van der Waals surface area contributed by atoms with E-state index >= 15 is 0 Å². The summed E-state index contributed by atoms with van der Waals surface area (Å²) in [6.45, 7) is 0.215. The van der Waals surface area contributed by atoms with Crippen LogP contribution in [0.3, 0.4) is 0 Å². The fourth-order valence-corrected chi connectivity index (χ4v) is 5.81. The van der Waals surface area contributed by atoms with Gasteiger partial charge in [0, 0.05) is 10.4 Å². The quantitative estimate of drug-likeness (QED) is 0.536. The molecule has 2 aliphatic heterocycles. The molecule has 3 aromatic rings. The molecule has 6 rings (SSSR count). The second-order valence-corrected chi connectivity index (χ2v) is 8.82. The first-order valence-electron chi connectivity index (χ1n) is 9.91. The lowest BCUT2D eigenvalue weighted by Crippen LogP contribution is -2.31. The Morgan fingerprint density at radius 2 is 1.77 bits per heavy atom. The predicted molar refractivity (Wildman–Crippen MR) is 116 cm³/mol. The van der Waals surface area contributed by atoms with Gasteiger partial charge in [-0.1, -0.05) is 52.3 Å². The van der Waals surface area contributed by atoms with E-state index in [0.717, 1.165) is 33.5 Å². The molecule has 0 unspecified atom stereocenters. The molecule has 2 heterocycles. The second kappa shape index (κ2) is 6.51. The van der Waals surface area contributed by atoms with Gasteiger partial charge >= 0.3 is 5.97 Å². The van der Waals surface area contributed by atoms with Crippen molar-refractivity contribution in [1.82, 2.24) is 0 Å². The normalized spacial score (nSPS) is 22.6. The van der Waals surface area contributed by atoms with Crippen LogP contribution in [0.5, 0.6) is 11.5 Å². The molecule has 0 saturated heterocycles. The number of anilines is 1. The molecule has 0 bridgehead atoms. The van der Waals surface area contributed by atoms with Gasteiger partial charge in [-0.05, 0) is 52.8 Å². The molecule has 0 amide bonds. The van der Waals surface area contributed by atoms with Gasteiger partial charge in [-0.2, -0.15) is 0 Å². The van der Waals surface area contributed by atoms with Gasteiger partial charge in [0.15, 0.2) is 11.5 Å². The highest BCUT2D eigenvalue weighted by Gasteiger charge is 2.45. The van der Waals surface area contributed by atoms with E-state index in [0.29, 0.717) is 11.3 Å². The van der Waals surface area contributed by atoms with Crippen LogP contribution in [0.2, 0.25) is 0 Å². The van der Waals surface area contributed by atoms with Crippen molar-refractivity contribution in [1.29, 1.82) is 0 Å². The zero-order valence-corrected chi connectivity index (χ0v) is 17.5. The number of benzene rings is 3. The smallest absolute Gasteiger partial charge is 0.337 e. The fraction of sp³-hybridized carbons (Fsp3) is 0.208. The van der Waals surface area contributed by atoms with Crippen molar-refractivity contribution in [2.75, 3.05) is 12.1 Å². The summed E-state index contributed by atoms with van der Waals surface area (Å²) in [6.07, 6.45) is 0.927. The second-order valence-electron chi connectivity index (χ2n) is 7.97.